The van der Waals surface area contributed by atoms with Gasteiger partial charge in [0.05, 0.1) is 11.5 Å². The van der Waals surface area contributed by atoms with Gasteiger partial charge in [0.15, 0.2) is 0 Å². The number of aryl methyl sites for hydroxylation is 2. The zero-order valence-electron chi connectivity index (χ0n) is 17.0. The third-order valence-corrected chi connectivity index (χ3v) is 7.08. The average molecular weight is 417 g/mol. The monoisotopic (exact) mass is 416 g/mol. The molecule has 0 radical (unpaired) electrons. The Balaban J connectivity index is 1.44. The van der Waals surface area contributed by atoms with Gasteiger partial charge in [-0.05, 0) is 43.5 Å². The summed E-state index contributed by atoms with van der Waals surface area (Å²) in [6, 6.07) is 14.4. The number of carbonyl (C=O) groups excluding carboxylic acids is 1. The van der Waals surface area contributed by atoms with Gasteiger partial charge in [0.1, 0.15) is 5.75 Å². The highest BCUT2D eigenvalue weighted by Crippen LogP contribution is 2.22. The summed E-state index contributed by atoms with van der Waals surface area (Å²) in [7, 11) is -3.50. The molecule has 7 heteroatoms. The minimum Gasteiger partial charge on any atom is -0.493 e. The van der Waals surface area contributed by atoms with Gasteiger partial charge in [-0.3, -0.25) is 4.79 Å². The van der Waals surface area contributed by atoms with E-state index in [-0.39, 0.29) is 5.91 Å². The second-order valence-corrected chi connectivity index (χ2v) is 9.21. The molecule has 1 fully saturated rings. The summed E-state index contributed by atoms with van der Waals surface area (Å²) >= 11 is 0. The molecule has 0 N–H and O–H groups in total. The average Bonchev–Trinajstić information content (AvgIpc) is 2.73. The van der Waals surface area contributed by atoms with Crippen LogP contribution >= 0.6 is 0 Å². The van der Waals surface area contributed by atoms with Crippen LogP contribution in [0.3, 0.4) is 0 Å². The zero-order chi connectivity index (χ0) is 20.9. The van der Waals surface area contributed by atoms with Crippen LogP contribution in [0.1, 0.15) is 24.0 Å². The van der Waals surface area contributed by atoms with Crippen LogP contribution in [0.4, 0.5) is 0 Å². The van der Waals surface area contributed by atoms with Crippen molar-refractivity contribution < 1.29 is 17.9 Å². The number of amides is 1. The molecule has 1 amide bonds. The van der Waals surface area contributed by atoms with E-state index in [0.29, 0.717) is 50.5 Å². The fourth-order valence-corrected chi connectivity index (χ4v) is 4.95. The second-order valence-electron chi connectivity index (χ2n) is 7.27. The molecule has 0 saturated carbocycles. The van der Waals surface area contributed by atoms with Gasteiger partial charge in [-0.1, -0.05) is 36.4 Å². The highest BCUT2D eigenvalue weighted by atomic mass is 32.2. The van der Waals surface area contributed by atoms with Crippen LogP contribution in [-0.4, -0.2) is 56.3 Å². The molecular formula is C22H28N2O4S. The predicted octanol–water partition coefficient (Wildman–Crippen LogP) is 3.00. The number of carbonyl (C=O) groups is 1. The molecule has 0 aliphatic carbocycles. The first-order valence-corrected chi connectivity index (χ1v) is 11.4. The van der Waals surface area contributed by atoms with Crippen LogP contribution < -0.4 is 4.74 Å². The van der Waals surface area contributed by atoms with Crippen molar-refractivity contribution in [2.45, 2.75) is 31.6 Å². The largest absolute Gasteiger partial charge is 0.493 e. The smallest absolute Gasteiger partial charge is 0.243 e. The Labute approximate surface area is 173 Å². The van der Waals surface area contributed by atoms with Gasteiger partial charge >= 0.3 is 0 Å². The molecule has 2 aromatic carbocycles. The summed E-state index contributed by atoms with van der Waals surface area (Å²) in [5.41, 5.74) is 2.18. The first kappa shape index (κ1) is 21.3. The van der Waals surface area contributed by atoms with Crippen molar-refractivity contribution in [1.29, 1.82) is 0 Å². The van der Waals surface area contributed by atoms with E-state index in [2.05, 4.69) is 0 Å². The topological polar surface area (TPSA) is 66.9 Å². The third kappa shape index (κ3) is 5.16. The number of nitrogens with zero attached hydrogens (tertiary/aromatic N) is 2. The molecule has 1 aliphatic rings. The Morgan fingerprint density at radius 1 is 0.931 bits per heavy atom. The maximum Gasteiger partial charge on any atom is 0.243 e. The highest BCUT2D eigenvalue weighted by molar-refractivity contribution is 7.89. The number of ether oxygens (including phenoxy) is 1. The number of para-hydroxylation sites is 1. The summed E-state index contributed by atoms with van der Waals surface area (Å²) in [6.45, 7) is 5.99. The van der Waals surface area contributed by atoms with E-state index in [9.17, 15) is 13.2 Å². The fourth-order valence-electron chi connectivity index (χ4n) is 3.50. The number of benzene rings is 2. The van der Waals surface area contributed by atoms with Gasteiger partial charge in [0.25, 0.3) is 0 Å². The van der Waals surface area contributed by atoms with Crippen molar-refractivity contribution in [3.63, 3.8) is 0 Å². The molecule has 0 unspecified atom stereocenters. The lowest BCUT2D eigenvalue weighted by molar-refractivity contribution is -0.132. The molecule has 1 saturated heterocycles. The van der Waals surface area contributed by atoms with Crippen LogP contribution in [0.15, 0.2) is 53.4 Å². The first-order valence-electron chi connectivity index (χ1n) is 9.91. The Bertz CT molecular complexity index is 916. The van der Waals surface area contributed by atoms with Crippen LogP contribution in [-0.2, 0) is 14.8 Å². The maximum absolute atomic E-state index is 12.7. The number of rotatable bonds is 7. The highest BCUT2D eigenvalue weighted by Gasteiger charge is 2.29. The normalized spacial score (nSPS) is 15.3. The molecule has 1 heterocycles. The number of hydrogen-bond donors (Lipinski definition) is 0. The van der Waals surface area contributed by atoms with Crippen molar-refractivity contribution in [3.05, 3.63) is 59.7 Å². The molecule has 0 spiro atoms. The maximum atomic E-state index is 12.7. The minimum atomic E-state index is -3.50. The van der Waals surface area contributed by atoms with Gasteiger partial charge < -0.3 is 9.64 Å². The number of hydrogen-bond acceptors (Lipinski definition) is 4. The van der Waals surface area contributed by atoms with Crippen molar-refractivity contribution >= 4 is 15.9 Å². The van der Waals surface area contributed by atoms with Gasteiger partial charge in [-0.25, -0.2) is 8.42 Å². The molecule has 2 aromatic rings. The van der Waals surface area contributed by atoms with Crippen LogP contribution in [0.25, 0.3) is 0 Å². The summed E-state index contributed by atoms with van der Waals surface area (Å²) < 4.78 is 32.7. The Morgan fingerprint density at radius 3 is 2.17 bits per heavy atom. The van der Waals surface area contributed by atoms with Crippen molar-refractivity contribution in [2.24, 2.45) is 0 Å². The molecule has 3 rings (SSSR count). The van der Waals surface area contributed by atoms with E-state index in [1.807, 2.05) is 32.0 Å². The first-order chi connectivity index (χ1) is 13.9. The van der Waals surface area contributed by atoms with E-state index >= 15 is 0 Å². The quantitative estimate of drug-likeness (QED) is 0.651. The summed E-state index contributed by atoms with van der Waals surface area (Å²) in [5, 5.41) is 0. The van der Waals surface area contributed by atoms with E-state index < -0.39 is 10.0 Å². The van der Waals surface area contributed by atoms with Crippen molar-refractivity contribution in [1.82, 2.24) is 9.21 Å². The lowest BCUT2D eigenvalue weighted by Gasteiger charge is -2.34. The van der Waals surface area contributed by atoms with E-state index in [4.69, 9.17) is 4.74 Å². The minimum absolute atomic E-state index is 0.0480. The number of piperazine rings is 1. The van der Waals surface area contributed by atoms with Crippen molar-refractivity contribution in [3.8, 4) is 5.75 Å². The summed E-state index contributed by atoms with van der Waals surface area (Å²) in [4.78, 5) is 14.5. The lowest BCUT2D eigenvalue weighted by atomic mass is 10.1. The Hall–Kier alpha value is -2.38. The lowest BCUT2D eigenvalue weighted by Crippen LogP contribution is -2.50. The number of sulfonamides is 1. The molecule has 0 aromatic heterocycles. The van der Waals surface area contributed by atoms with Gasteiger partial charge in [-0.2, -0.15) is 4.31 Å². The van der Waals surface area contributed by atoms with Crippen LogP contribution in [0.2, 0.25) is 0 Å². The molecule has 1 aliphatic heterocycles. The van der Waals surface area contributed by atoms with E-state index in [1.54, 1.807) is 35.2 Å². The molecule has 6 nitrogen and oxygen atoms in total. The van der Waals surface area contributed by atoms with Crippen LogP contribution in [0, 0.1) is 13.8 Å². The van der Waals surface area contributed by atoms with E-state index in [0.717, 1.165) is 16.9 Å². The Kier molecular flexibility index (Phi) is 6.92. The van der Waals surface area contributed by atoms with E-state index in [1.165, 1.54) is 4.31 Å². The second kappa shape index (κ2) is 9.41. The molecule has 0 atom stereocenters. The van der Waals surface area contributed by atoms with Gasteiger partial charge in [0, 0.05) is 32.6 Å². The molecule has 156 valence electrons. The molecular weight excluding hydrogens is 388 g/mol. The fraction of sp³-hybridized carbons (Fsp3) is 0.409. The zero-order valence-corrected chi connectivity index (χ0v) is 17.8. The van der Waals surface area contributed by atoms with Crippen molar-refractivity contribution in [2.75, 3.05) is 32.8 Å². The van der Waals surface area contributed by atoms with Gasteiger partial charge in [0.2, 0.25) is 15.9 Å². The third-order valence-electron chi connectivity index (χ3n) is 5.16. The molecule has 29 heavy (non-hydrogen) atoms. The molecule has 0 bridgehead atoms. The van der Waals surface area contributed by atoms with Gasteiger partial charge in [-0.15, -0.1) is 0 Å². The standard InChI is InChI=1S/C22H28N2O4S/c1-18-8-6-9-19(2)22(18)28-17-7-12-21(25)23-13-15-24(16-14-23)29(26,27)20-10-4-3-5-11-20/h3-6,8-11H,7,12-17H2,1-2H3. The van der Waals surface area contributed by atoms with Crippen LogP contribution in [0.5, 0.6) is 5.75 Å². The summed E-state index contributed by atoms with van der Waals surface area (Å²) in [5.74, 6) is 0.937. The summed E-state index contributed by atoms with van der Waals surface area (Å²) in [6.07, 6.45) is 1.03. The Morgan fingerprint density at radius 2 is 1.55 bits per heavy atom. The predicted molar refractivity (Wildman–Crippen MR) is 112 cm³/mol. The SMILES string of the molecule is Cc1cccc(C)c1OCCCC(=O)N1CCN(S(=O)(=O)c2ccccc2)CC1.